The zero-order valence-electron chi connectivity index (χ0n) is 15.4. The molecule has 1 aromatic carbocycles. The highest BCUT2D eigenvalue weighted by molar-refractivity contribution is 7.71. The van der Waals surface area contributed by atoms with Gasteiger partial charge in [-0.15, -0.1) is 0 Å². The average molecular weight is 373 g/mol. The lowest BCUT2D eigenvalue weighted by Gasteiger charge is -2.30. The molecule has 1 atom stereocenters. The maximum Gasteiger partial charge on any atom is 0.251 e. The highest BCUT2D eigenvalue weighted by Crippen LogP contribution is 2.15. The van der Waals surface area contributed by atoms with Crippen molar-refractivity contribution >= 4 is 18.1 Å². The third-order valence-corrected chi connectivity index (χ3v) is 5.30. The van der Waals surface area contributed by atoms with E-state index in [1.807, 2.05) is 35.0 Å². The largest absolute Gasteiger partial charge is 0.352 e. The van der Waals surface area contributed by atoms with Crippen molar-refractivity contribution in [3.63, 3.8) is 0 Å². The third kappa shape index (κ3) is 5.05. The molecule has 1 aliphatic heterocycles. The highest BCUT2D eigenvalue weighted by atomic mass is 32.1. The number of amides is 1. The summed E-state index contributed by atoms with van der Waals surface area (Å²) in [6.45, 7) is 6.67. The predicted octanol–water partition coefficient (Wildman–Crippen LogP) is 3.78. The van der Waals surface area contributed by atoms with Gasteiger partial charge in [0.25, 0.3) is 5.91 Å². The number of imidazole rings is 1. The summed E-state index contributed by atoms with van der Waals surface area (Å²) >= 11 is 5.21. The van der Waals surface area contributed by atoms with Crippen molar-refractivity contribution in [2.75, 3.05) is 26.2 Å². The van der Waals surface area contributed by atoms with Gasteiger partial charge in [0.15, 0.2) is 4.77 Å². The topological polar surface area (TPSA) is 53.1 Å². The number of rotatable bonds is 7. The predicted molar refractivity (Wildman–Crippen MR) is 107 cm³/mol. The zero-order valence-corrected chi connectivity index (χ0v) is 16.2. The monoisotopic (exact) mass is 372 g/mol. The number of H-pyrrole nitrogens is 1. The van der Waals surface area contributed by atoms with E-state index in [1.165, 1.54) is 25.9 Å². The number of unbranched alkanes of at least 4 members (excludes halogenated alkanes) is 1. The van der Waals surface area contributed by atoms with E-state index in [1.54, 1.807) is 6.20 Å². The Hall–Kier alpha value is -1.92. The number of carbonyl (C=O) groups is 1. The van der Waals surface area contributed by atoms with Gasteiger partial charge >= 0.3 is 0 Å². The van der Waals surface area contributed by atoms with Crippen LogP contribution in [0.15, 0.2) is 36.7 Å². The summed E-state index contributed by atoms with van der Waals surface area (Å²) in [6, 6.07) is 7.51. The minimum Gasteiger partial charge on any atom is -0.352 e. The van der Waals surface area contributed by atoms with E-state index in [4.69, 9.17) is 12.2 Å². The summed E-state index contributed by atoms with van der Waals surface area (Å²) in [6.07, 6.45) is 8.52. The molecule has 140 valence electrons. The molecule has 6 heteroatoms. The van der Waals surface area contributed by atoms with Gasteiger partial charge in [-0.2, -0.15) is 0 Å². The summed E-state index contributed by atoms with van der Waals surface area (Å²) in [7, 11) is 0. The van der Waals surface area contributed by atoms with E-state index in [9.17, 15) is 4.79 Å². The molecular formula is C20H28N4OS. The molecule has 0 aliphatic carbocycles. The van der Waals surface area contributed by atoms with Crippen LogP contribution in [0, 0.1) is 10.7 Å². The number of carbonyl (C=O) groups excluding carboxylic acids is 1. The van der Waals surface area contributed by atoms with Gasteiger partial charge in [-0.05, 0) is 81.2 Å². The first-order valence-corrected chi connectivity index (χ1v) is 9.91. The third-order valence-electron chi connectivity index (χ3n) is 4.98. The summed E-state index contributed by atoms with van der Waals surface area (Å²) in [5.41, 5.74) is 1.63. The first-order chi connectivity index (χ1) is 12.6. The van der Waals surface area contributed by atoms with E-state index in [2.05, 4.69) is 22.1 Å². The quantitative estimate of drug-likeness (QED) is 0.574. The molecule has 1 unspecified atom stereocenters. The van der Waals surface area contributed by atoms with Gasteiger partial charge in [0.1, 0.15) is 0 Å². The fourth-order valence-corrected chi connectivity index (χ4v) is 3.79. The van der Waals surface area contributed by atoms with Gasteiger partial charge in [-0.25, -0.2) is 0 Å². The van der Waals surface area contributed by atoms with Crippen molar-refractivity contribution < 1.29 is 4.79 Å². The Morgan fingerprint density at radius 1 is 1.31 bits per heavy atom. The summed E-state index contributed by atoms with van der Waals surface area (Å²) < 4.78 is 2.52. The highest BCUT2D eigenvalue weighted by Gasteiger charge is 2.15. The lowest BCUT2D eigenvalue weighted by atomic mass is 10.0. The number of hydrogen-bond donors (Lipinski definition) is 2. The number of aromatic amines is 1. The first-order valence-electron chi connectivity index (χ1n) is 9.50. The molecule has 1 saturated heterocycles. The number of benzene rings is 1. The Morgan fingerprint density at radius 2 is 2.12 bits per heavy atom. The van der Waals surface area contributed by atoms with Crippen LogP contribution in [0.2, 0.25) is 0 Å². The Balaban J connectivity index is 1.39. The van der Waals surface area contributed by atoms with Crippen molar-refractivity contribution in [1.82, 2.24) is 19.8 Å². The molecule has 1 fully saturated rings. The standard InChI is InChI=1S/C20H28N4OS/c1-16-5-4-13-23(15-16)12-3-2-10-21-19(25)17-6-8-18(9-7-17)24-14-11-22-20(24)26/h6-9,11,14,16H,2-5,10,12-13,15H2,1H3,(H,21,25)(H,22,26). The lowest BCUT2D eigenvalue weighted by molar-refractivity contribution is 0.0952. The lowest BCUT2D eigenvalue weighted by Crippen LogP contribution is -2.35. The SMILES string of the molecule is CC1CCCN(CCCCNC(=O)c2ccc(-n3cc[nH]c3=S)cc2)C1. The average Bonchev–Trinajstić information content (AvgIpc) is 3.07. The van der Waals surface area contributed by atoms with Crippen molar-refractivity contribution in [3.05, 3.63) is 47.0 Å². The second kappa shape index (κ2) is 9.14. The second-order valence-corrected chi connectivity index (χ2v) is 7.58. The van der Waals surface area contributed by atoms with Crippen LogP contribution < -0.4 is 5.32 Å². The number of nitrogens with zero attached hydrogens (tertiary/aromatic N) is 2. The van der Waals surface area contributed by atoms with Crippen LogP contribution in [0.5, 0.6) is 0 Å². The van der Waals surface area contributed by atoms with Gasteiger partial charge in [0.05, 0.1) is 0 Å². The molecule has 0 bridgehead atoms. The van der Waals surface area contributed by atoms with Crippen LogP contribution in [0.4, 0.5) is 0 Å². The molecule has 1 aromatic heterocycles. The van der Waals surface area contributed by atoms with E-state index in [0.717, 1.165) is 37.5 Å². The van der Waals surface area contributed by atoms with Gasteiger partial charge in [0.2, 0.25) is 0 Å². The fourth-order valence-electron chi connectivity index (χ4n) is 3.55. The molecule has 3 rings (SSSR count). The fraction of sp³-hybridized carbons (Fsp3) is 0.500. The van der Waals surface area contributed by atoms with Gasteiger partial charge in [-0.1, -0.05) is 6.92 Å². The molecule has 2 aromatic rings. The summed E-state index contributed by atoms with van der Waals surface area (Å²) in [5, 5.41) is 3.02. The minimum atomic E-state index is -0.0131. The number of piperidine rings is 1. The first kappa shape index (κ1) is 18.9. The van der Waals surface area contributed by atoms with Crippen molar-refractivity contribution in [1.29, 1.82) is 0 Å². The van der Waals surface area contributed by atoms with Crippen molar-refractivity contribution in [3.8, 4) is 5.69 Å². The number of likely N-dealkylation sites (tertiary alicyclic amines) is 1. The number of hydrogen-bond acceptors (Lipinski definition) is 3. The Kier molecular flexibility index (Phi) is 6.63. The van der Waals surface area contributed by atoms with Crippen molar-refractivity contribution in [2.24, 2.45) is 5.92 Å². The van der Waals surface area contributed by atoms with Gasteiger partial charge in [-0.3, -0.25) is 9.36 Å². The number of nitrogens with one attached hydrogen (secondary N) is 2. The Bertz CT molecular complexity index is 765. The maximum absolute atomic E-state index is 12.3. The molecule has 26 heavy (non-hydrogen) atoms. The molecule has 2 heterocycles. The maximum atomic E-state index is 12.3. The summed E-state index contributed by atoms with van der Waals surface area (Å²) in [4.78, 5) is 17.8. The molecular weight excluding hydrogens is 344 g/mol. The normalized spacial score (nSPS) is 18.0. The van der Waals surface area contributed by atoms with Gasteiger partial charge < -0.3 is 15.2 Å². The van der Waals surface area contributed by atoms with Crippen LogP contribution in [-0.4, -0.2) is 46.5 Å². The molecule has 1 aliphatic rings. The van der Waals surface area contributed by atoms with E-state index < -0.39 is 0 Å². The molecule has 2 N–H and O–H groups in total. The smallest absolute Gasteiger partial charge is 0.251 e. The number of aromatic nitrogens is 2. The van der Waals surface area contributed by atoms with E-state index in [-0.39, 0.29) is 5.91 Å². The van der Waals surface area contributed by atoms with E-state index >= 15 is 0 Å². The van der Waals surface area contributed by atoms with Crippen LogP contribution in [0.1, 0.15) is 43.0 Å². The second-order valence-electron chi connectivity index (χ2n) is 7.19. The summed E-state index contributed by atoms with van der Waals surface area (Å²) in [5.74, 6) is 0.813. The molecule has 0 spiro atoms. The minimum absolute atomic E-state index is 0.0131. The van der Waals surface area contributed by atoms with Crippen LogP contribution >= 0.6 is 12.2 Å². The zero-order chi connectivity index (χ0) is 18.4. The Morgan fingerprint density at radius 3 is 2.81 bits per heavy atom. The van der Waals surface area contributed by atoms with Crippen molar-refractivity contribution in [2.45, 2.75) is 32.6 Å². The van der Waals surface area contributed by atoms with Crippen LogP contribution in [-0.2, 0) is 0 Å². The van der Waals surface area contributed by atoms with Crippen LogP contribution in [0.3, 0.4) is 0 Å². The Labute approximate surface area is 160 Å². The molecule has 0 saturated carbocycles. The molecule has 0 radical (unpaired) electrons. The van der Waals surface area contributed by atoms with Crippen LogP contribution in [0.25, 0.3) is 5.69 Å². The van der Waals surface area contributed by atoms with Gasteiger partial charge in [0, 0.05) is 36.7 Å². The molecule has 5 nitrogen and oxygen atoms in total. The molecule has 1 amide bonds. The van der Waals surface area contributed by atoms with E-state index in [0.29, 0.717) is 10.3 Å².